The third-order valence-corrected chi connectivity index (χ3v) is 1.58. The van der Waals surface area contributed by atoms with E-state index in [1.165, 1.54) is 12.1 Å². The Labute approximate surface area is 77.3 Å². The van der Waals surface area contributed by atoms with E-state index < -0.39 is 0 Å². The first kappa shape index (κ1) is 9.99. The molecule has 13 heavy (non-hydrogen) atoms. The highest BCUT2D eigenvalue weighted by Gasteiger charge is 1.93. The van der Waals surface area contributed by atoms with Crippen LogP contribution in [0.25, 0.3) is 0 Å². The van der Waals surface area contributed by atoms with E-state index in [2.05, 4.69) is 0 Å². The van der Waals surface area contributed by atoms with Crippen molar-refractivity contribution >= 4 is 0 Å². The third kappa shape index (κ3) is 3.90. The zero-order valence-electron chi connectivity index (χ0n) is 7.63. The summed E-state index contributed by atoms with van der Waals surface area (Å²) < 4.78 is 22.6. The summed E-state index contributed by atoms with van der Waals surface area (Å²) in [6, 6.07) is 5.99. The molecule has 0 unspecified atom stereocenters. The lowest BCUT2D eigenvalue weighted by Gasteiger charge is -2.04. The lowest BCUT2D eigenvalue weighted by molar-refractivity contribution is 0.172. The lowest BCUT2D eigenvalue weighted by Crippen LogP contribution is -2.01. The van der Waals surface area contributed by atoms with Crippen molar-refractivity contribution in [3.05, 3.63) is 30.1 Å². The summed E-state index contributed by atoms with van der Waals surface area (Å²) in [5.74, 6) is 0.446. The van der Waals surface area contributed by atoms with Crippen LogP contribution in [0, 0.1) is 5.82 Å². The highest BCUT2D eigenvalue weighted by atomic mass is 19.1. The van der Waals surface area contributed by atoms with Crippen molar-refractivity contribution in [3.8, 4) is 5.75 Å². The molecule has 0 heterocycles. The first-order valence-electron chi connectivity index (χ1n) is 4.20. The van der Waals surface area contributed by atoms with Gasteiger partial charge in [-0.1, -0.05) is 0 Å². The van der Waals surface area contributed by atoms with Gasteiger partial charge < -0.3 is 9.47 Å². The molecule has 0 aromatic heterocycles. The molecule has 3 heteroatoms. The van der Waals surface area contributed by atoms with Crippen LogP contribution >= 0.6 is 0 Å². The molecule has 0 bridgehead atoms. The monoisotopic (exact) mass is 184 g/mol. The van der Waals surface area contributed by atoms with Crippen LogP contribution in [0.5, 0.6) is 5.75 Å². The SMILES string of the molecule is COCCCOc1ccc(F)cc1. The average Bonchev–Trinajstić information content (AvgIpc) is 2.15. The lowest BCUT2D eigenvalue weighted by atomic mass is 10.3. The fourth-order valence-corrected chi connectivity index (χ4v) is 0.924. The molecule has 0 aliphatic carbocycles. The van der Waals surface area contributed by atoms with E-state index in [9.17, 15) is 4.39 Å². The fourth-order valence-electron chi connectivity index (χ4n) is 0.924. The van der Waals surface area contributed by atoms with Gasteiger partial charge in [-0.15, -0.1) is 0 Å². The Morgan fingerprint density at radius 3 is 2.46 bits per heavy atom. The molecule has 0 aliphatic heterocycles. The molecule has 0 saturated carbocycles. The summed E-state index contributed by atoms with van der Waals surface area (Å²) in [5, 5.41) is 0. The van der Waals surface area contributed by atoms with Crippen LogP contribution in [0.4, 0.5) is 4.39 Å². The molecule has 0 N–H and O–H groups in total. The molecule has 0 saturated heterocycles. The van der Waals surface area contributed by atoms with Crippen LogP contribution in [0.15, 0.2) is 24.3 Å². The number of benzene rings is 1. The number of hydrogen-bond acceptors (Lipinski definition) is 2. The van der Waals surface area contributed by atoms with Gasteiger partial charge in [-0.3, -0.25) is 0 Å². The van der Waals surface area contributed by atoms with Gasteiger partial charge in [0, 0.05) is 20.1 Å². The summed E-state index contributed by atoms with van der Waals surface area (Å²) >= 11 is 0. The van der Waals surface area contributed by atoms with Crippen molar-refractivity contribution in [2.24, 2.45) is 0 Å². The van der Waals surface area contributed by atoms with Crippen LogP contribution in [-0.2, 0) is 4.74 Å². The highest BCUT2D eigenvalue weighted by Crippen LogP contribution is 2.10. The summed E-state index contributed by atoms with van der Waals surface area (Å²) in [5.41, 5.74) is 0. The van der Waals surface area contributed by atoms with Crippen molar-refractivity contribution in [1.29, 1.82) is 0 Å². The Morgan fingerprint density at radius 2 is 1.85 bits per heavy atom. The van der Waals surface area contributed by atoms with Crippen LogP contribution in [0.2, 0.25) is 0 Å². The van der Waals surface area contributed by atoms with Crippen molar-refractivity contribution in [1.82, 2.24) is 0 Å². The fraction of sp³-hybridized carbons (Fsp3) is 0.400. The Hall–Kier alpha value is -1.09. The first-order chi connectivity index (χ1) is 6.33. The van der Waals surface area contributed by atoms with E-state index >= 15 is 0 Å². The number of hydrogen-bond donors (Lipinski definition) is 0. The molecular weight excluding hydrogens is 171 g/mol. The van der Waals surface area contributed by atoms with Gasteiger partial charge in [0.1, 0.15) is 11.6 Å². The second-order valence-corrected chi connectivity index (χ2v) is 2.65. The standard InChI is InChI=1S/C10H13FO2/c1-12-7-2-8-13-10-5-3-9(11)4-6-10/h3-6H,2,7-8H2,1H3. The number of rotatable bonds is 5. The minimum absolute atomic E-state index is 0.246. The Kier molecular flexibility index (Phi) is 4.26. The molecule has 0 radical (unpaired) electrons. The quantitative estimate of drug-likeness (QED) is 0.653. The zero-order valence-corrected chi connectivity index (χ0v) is 7.63. The largest absolute Gasteiger partial charge is 0.494 e. The number of methoxy groups -OCH3 is 1. The molecule has 1 aromatic rings. The zero-order chi connectivity index (χ0) is 9.52. The van der Waals surface area contributed by atoms with Gasteiger partial charge in [-0.2, -0.15) is 0 Å². The van der Waals surface area contributed by atoms with Crippen molar-refractivity contribution < 1.29 is 13.9 Å². The Bertz CT molecular complexity index is 233. The van der Waals surface area contributed by atoms with Crippen LogP contribution in [-0.4, -0.2) is 20.3 Å². The van der Waals surface area contributed by atoms with E-state index in [0.717, 1.165) is 6.42 Å². The topological polar surface area (TPSA) is 18.5 Å². The normalized spacial score (nSPS) is 10.0. The van der Waals surface area contributed by atoms with E-state index in [-0.39, 0.29) is 5.82 Å². The number of ether oxygens (including phenoxy) is 2. The molecule has 1 rings (SSSR count). The molecule has 2 nitrogen and oxygen atoms in total. The predicted molar refractivity (Wildman–Crippen MR) is 48.4 cm³/mol. The summed E-state index contributed by atoms with van der Waals surface area (Å²) in [6.45, 7) is 1.28. The maximum absolute atomic E-state index is 12.5. The Balaban J connectivity index is 2.25. The first-order valence-corrected chi connectivity index (χ1v) is 4.20. The van der Waals surface area contributed by atoms with Crippen molar-refractivity contribution in [2.45, 2.75) is 6.42 Å². The smallest absolute Gasteiger partial charge is 0.123 e. The van der Waals surface area contributed by atoms with Crippen molar-refractivity contribution in [2.75, 3.05) is 20.3 Å². The van der Waals surface area contributed by atoms with Crippen LogP contribution < -0.4 is 4.74 Å². The van der Waals surface area contributed by atoms with Gasteiger partial charge in [-0.05, 0) is 24.3 Å². The third-order valence-electron chi connectivity index (χ3n) is 1.58. The summed E-state index contributed by atoms with van der Waals surface area (Å²) in [4.78, 5) is 0. The maximum atomic E-state index is 12.5. The molecule has 0 atom stereocenters. The Morgan fingerprint density at radius 1 is 1.15 bits per heavy atom. The van der Waals surface area contributed by atoms with Crippen LogP contribution in [0.3, 0.4) is 0 Å². The molecule has 0 aliphatic rings. The maximum Gasteiger partial charge on any atom is 0.123 e. The molecule has 72 valence electrons. The minimum Gasteiger partial charge on any atom is -0.494 e. The average molecular weight is 184 g/mol. The van der Waals surface area contributed by atoms with E-state index in [1.54, 1.807) is 19.2 Å². The summed E-state index contributed by atoms with van der Waals surface area (Å²) in [6.07, 6.45) is 0.841. The van der Waals surface area contributed by atoms with Crippen molar-refractivity contribution in [3.63, 3.8) is 0 Å². The summed E-state index contributed by atoms with van der Waals surface area (Å²) in [7, 11) is 1.65. The van der Waals surface area contributed by atoms with Gasteiger partial charge >= 0.3 is 0 Å². The number of halogens is 1. The van der Waals surface area contributed by atoms with Gasteiger partial charge in [0.2, 0.25) is 0 Å². The molecule has 0 amide bonds. The molecule has 0 spiro atoms. The molecule has 0 fully saturated rings. The van der Waals surface area contributed by atoms with Crippen LogP contribution in [0.1, 0.15) is 6.42 Å². The van der Waals surface area contributed by atoms with Gasteiger partial charge in [0.15, 0.2) is 0 Å². The van der Waals surface area contributed by atoms with Gasteiger partial charge in [0.05, 0.1) is 6.61 Å². The molecular formula is C10H13FO2. The van der Waals surface area contributed by atoms with E-state index in [4.69, 9.17) is 9.47 Å². The van der Waals surface area contributed by atoms with Gasteiger partial charge in [0.25, 0.3) is 0 Å². The molecule has 1 aromatic carbocycles. The highest BCUT2D eigenvalue weighted by molar-refractivity contribution is 5.21. The minimum atomic E-state index is -0.246. The predicted octanol–water partition coefficient (Wildman–Crippen LogP) is 2.24. The second kappa shape index (κ2) is 5.54. The van der Waals surface area contributed by atoms with E-state index in [1.807, 2.05) is 0 Å². The van der Waals surface area contributed by atoms with Gasteiger partial charge in [-0.25, -0.2) is 4.39 Å². The second-order valence-electron chi connectivity index (χ2n) is 2.65. The van der Waals surface area contributed by atoms with E-state index in [0.29, 0.717) is 19.0 Å².